The van der Waals surface area contributed by atoms with E-state index >= 15 is 0 Å². The second-order valence-electron chi connectivity index (χ2n) is 7.18. The minimum absolute atomic E-state index is 0.262. The van der Waals surface area contributed by atoms with Gasteiger partial charge in [-0.2, -0.15) is 0 Å². The van der Waals surface area contributed by atoms with Gasteiger partial charge in [0.05, 0.1) is 5.92 Å². The molecule has 0 amide bonds. The van der Waals surface area contributed by atoms with Crippen LogP contribution in [0.4, 0.5) is 0 Å². The maximum atomic E-state index is 6.47. The first-order chi connectivity index (χ1) is 11.8. The molecule has 3 unspecified atom stereocenters. The fourth-order valence-electron chi connectivity index (χ4n) is 3.99. The number of ether oxygens (including phenoxy) is 1. The Bertz CT molecular complexity index is 659. The molecule has 3 nitrogen and oxygen atoms in total. The molecule has 1 saturated heterocycles. The third-order valence-electron chi connectivity index (χ3n) is 5.33. The zero-order valence-electron chi connectivity index (χ0n) is 14.3. The van der Waals surface area contributed by atoms with Crippen LogP contribution in [-0.4, -0.2) is 25.4 Å². The number of nitrogens with zero attached hydrogens (tertiary/aromatic N) is 1. The van der Waals surface area contributed by atoms with E-state index in [0.717, 1.165) is 38.1 Å². The van der Waals surface area contributed by atoms with Gasteiger partial charge in [0.15, 0.2) is 0 Å². The van der Waals surface area contributed by atoms with Gasteiger partial charge in [-0.15, -0.1) is 0 Å². The number of piperidine rings is 1. The van der Waals surface area contributed by atoms with E-state index in [1.54, 1.807) is 0 Å². The molecule has 2 heterocycles. The summed E-state index contributed by atoms with van der Waals surface area (Å²) in [5.74, 6) is 2.21. The van der Waals surface area contributed by atoms with E-state index in [1.165, 1.54) is 11.1 Å². The molecule has 1 N–H and O–H groups in total. The first-order valence-corrected chi connectivity index (χ1v) is 9.15. The number of hydrogen-bond acceptors (Lipinski definition) is 3. The number of hydrogen-bond donors (Lipinski definition) is 1. The lowest BCUT2D eigenvalue weighted by Crippen LogP contribution is -2.34. The van der Waals surface area contributed by atoms with Gasteiger partial charge in [-0.1, -0.05) is 36.0 Å². The summed E-state index contributed by atoms with van der Waals surface area (Å²) in [6, 6.07) is 0. The zero-order valence-corrected chi connectivity index (χ0v) is 14.3. The Labute approximate surface area is 144 Å². The Hall–Kier alpha value is -1.87. The SMILES string of the molecule is CC1=CC(C2=CC3C=CN=CC3C(OC3CCNCC3)=C2)CC=C1. The summed E-state index contributed by atoms with van der Waals surface area (Å²) in [5, 5.41) is 3.41. The van der Waals surface area contributed by atoms with Crippen molar-refractivity contribution in [3.8, 4) is 0 Å². The van der Waals surface area contributed by atoms with E-state index < -0.39 is 0 Å². The van der Waals surface area contributed by atoms with Crippen LogP contribution in [0.25, 0.3) is 0 Å². The van der Waals surface area contributed by atoms with E-state index in [-0.39, 0.29) is 5.92 Å². The summed E-state index contributed by atoms with van der Waals surface area (Å²) in [7, 11) is 0. The molecule has 0 saturated carbocycles. The van der Waals surface area contributed by atoms with Gasteiger partial charge < -0.3 is 10.1 Å². The highest BCUT2D eigenvalue weighted by Crippen LogP contribution is 2.37. The second kappa shape index (κ2) is 6.94. The Morgan fingerprint density at radius 3 is 2.92 bits per heavy atom. The van der Waals surface area contributed by atoms with E-state index in [9.17, 15) is 0 Å². The summed E-state index contributed by atoms with van der Waals surface area (Å²) < 4.78 is 6.47. The number of rotatable bonds is 3. The molecule has 126 valence electrons. The van der Waals surface area contributed by atoms with Crippen LogP contribution in [0.15, 0.2) is 64.6 Å². The van der Waals surface area contributed by atoms with Crippen molar-refractivity contribution in [2.45, 2.75) is 32.3 Å². The lowest BCUT2D eigenvalue weighted by Gasteiger charge is -2.34. The lowest BCUT2D eigenvalue weighted by atomic mass is 9.78. The molecule has 0 bridgehead atoms. The summed E-state index contributed by atoms with van der Waals surface area (Å²) in [4.78, 5) is 4.36. The highest BCUT2D eigenvalue weighted by atomic mass is 16.5. The van der Waals surface area contributed by atoms with Crippen molar-refractivity contribution in [2.75, 3.05) is 13.1 Å². The van der Waals surface area contributed by atoms with Gasteiger partial charge >= 0.3 is 0 Å². The van der Waals surface area contributed by atoms with Gasteiger partial charge in [-0.25, -0.2) is 0 Å². The minimum atomic E-state index is 0.262. The molecule has 4 aliphatic rings. The topological polar surface area (TPSA) is 33.6 Å². The average Bonchev–Trinajstić information content (AvgIpc) is 2.62. The van der Waals surface area contributed by atoms with E-state index in [2.05, 4.69) is 53.7 Å². The maximum Gasteiger partial charge on any atom is 0.106 e. The Morgan fingerprint density at radius 1 is 1.21 bits per heavy atom. The minimum Gasteiger partial charge on any atom is -0.494 e. The van der Waals surface area contributed by atoms with Gasteiger partial charge in [0.2, 0.25) is 0 Å². The first kappa shape index (κ1) is 15.6. The predicted octanol–water partition coefficient (Wildman–Crippen LogP) is 3.93. The Morgan fingerprint density at radius 2 is 2.08 bits per heavy atom. The molecule has 3 atom stereocenters. The van der Waals surface area contributed by atoms with Crippen molar-refractivity contribution in [3.05, 3.63) is 59.6 Å². The molecule has 3 heteroatoms. The van der Waals surface area contributed by atoms with E-state index in [1.807, 2.05) is 12.4 Å². The summed E-state index contributed by atoms with van der Waals surface area (Å²) in [6.45, 7) is 4.29. The van der Waals surface area contributed by atoms with E-state index in [4.69, 9.17) is 4.74 Å². The quantitative estimate of drug-likeness (QED) is 0.854. The maximum absolute atomic E-state index is 6.47. The molecular weight excluding hydrogens is 296 g/mol. The van der Waals surface area contributed by atoms with Crippen molar-refractivity contribution >= 4 is 6.21 Å². The normalized spacial score (nSPS) is 32.7. The molecule has 0 aromatic heterocycles. The first-order valence-electron chi connectivity index (χ1n) is 9.15. The summed E-state index contributed by atoms with van der Waals surface area (Å²) >= 11 is 0. The van der Waals surface area contributed by atoms with Crippen molar-refractivity contribution in [2.24, 2.45) is 22.7 Å². The Balaban J connectivity index is 1.59. The summed E-state index contributed by atoms with van der Waals surface area (Å²) in [6.07, 6.45) is 21.4. The number of allylic oxidation sites excluding steroid dienone is 9. The number of aliphatic imine (C=N–C) groups is 1. The largest absolute Gasteiger partial charge is 0.494 e. The third-order valence-corrected chi connectivity index (χ3v) is 5.33. The van der Waals surface area contributed by atoms with Crippen molar-refractivity contribution < 1.29 is 4.74 Å². The standard InChI is InChI=1S/C21H26N2O/c1-15-3-2-4-16(11-15)18-12-17-5-8-23-14-20(17)21(13-18)24-19-6-9-22-10-7-19/h2-3,5,8,11-14,16-17,19-20,22H,4,6-7,9-10H2,1H3. The van der Waals surface area contributed by atoms with Crippen LogP contribution in [0.5, 0.6) is 0 Å². The van der Waals surface area contributed by atoms with Crippen LogP contribution in [0.1, 0.15) is 26.2 Å². The monoisotopic (exact) mass is 322 g/mol. The predicted molar refractivity (Wildman–Crippen MR) is 98.8 cm³/mol. The molecular formula is C21H26N2O. The Kier molecular flexibility index (Phi) is 4.52. The molecule has 2 aliphatic carbocycles. The average molecular weight is 322 g/mol. The fourth-order valence-corrected chi connectivity index (χ4v) is 3.99. The van der Waals surface area contributed by atoms with E-state index in [0.29, 0.717) is 17.9 Å². The molecule has 0 aromatic rings. The van der Waals surface area contributed by atoms with Crippen LogP contribution in [-0.2, 0) is 4.74 Å². The van der Waals surface area contributed by atoms with Crippen molar-refractivity contribution in [1.82, 2.24) is 5.32 Å². The molecule has 2 aliphatic heterocycles. The second-order valence-corrected chi connectivity index (χ2v) is 7.18. The molecule has 24 heavy (non-hydrogen) atoms. The van der Waals surface area contributed by atoms with Gasteiger partial charge in [-0.3, -0.25) is 4.99 Å². The fraction of sp³-hybridized carbons (Fsp3) is 0.476. The summed E-state index contributed by atoms with van der Waals surface area (Å²) in [5.41, 5.74) is 2.74. The van der Waals surface area contributed by atoms with Crippen LogP contribution in [0.2, 0.25) is 0 Å². The highest BCUT2D eigenvalue weighted by Gasteiger charge is 2.31. The lowest BCUT2D eigenvalue weighted by molar-refractivity contribution is 0.0727. The molecule has 0 aromatic carbocycles. The van der Waals surface area contributed by atoms with Crippen molar-refractivity contribution in [1.29, 1.82) is 0 Å². The molecule has 0 radical (unpaired) electrons. The number of fused-ring (bicyclic) bond motifs is 1. The molecule has 4 rings (SSSR count). The van der Waals surface area contributed by atoms with Crippen LogP contribution >= 0.6 is 0 Å². The smallest absolute Gasteiger partial charge is 0.106 e. The van der Waals surface area contributed by atoms with Crippen LogP contribution in [0, 0.1) is 17.8 Å². The molecule has 0 spiro atoms. The van der Waals surface area contributed by atoms with Crippen molar-refractivity contribution in [3.63, 3.8) is 0 Å². The van der Waals surface area contributed by atoms with Gasteiger partial charge in [0, 0.05) is 24.3 Å². The van der Waals surface area contributed by atoms with Crippen LogP contribution < -0.4 is 5.32 Å². The van der Waals surface area contributed by atoms with Gasteiger partial charge in [0.1, 0.15) is 11.9 Å². The third kappa shape index (κ3) is 3.32. The van der Waals surface area contributed by atoms with Gasteiger partial charge in [0.25, 0.3) is 0 Å². The van der Waals surface area contributed by atoms with Crippen LogP contribution in [0.3, 0.4) is 0 Å². The highest BCUT2D eigenvalue weighted by molar-refractivity contribution is 5.69. The van der Waals surface area contributed by atoms with Gasteiger partial charge in [-0.05, 0) is 50.9 Å². The zero-order chi connectivity index (χ0) is 16.4. The molecule has 1 fully saturated rings. The number of nitrogens with one attached hydrogen (secondary N) is 1.